The van der Waals surface area contributed by atoms with Crippen LogP contribution in [0.15, 0.2) is 35.0 Å². The lowest BCUT2D eigenvalue weighted by atomic mass is 9.86. The summed E-state index contributed by atoms with van der Waals surface area (Å²) in [7, 11) is 0. The van der Waals surface area contributed by atoms with Crippen molar-refractivity contribution in [3.05, 3.63) is 57.8 Å². The molecule has 1 aromatic carbocycles. The van der Waals surface area contributed by atoms with Gasteiger partial charge < -0.3 is 16.0 Å². The zero-order valence-electron chi connectivity index (χ0n) is 14.6. The van der Waals surface area contributed by atoms with Gasteiger partial charge in [0.2, 0.25) is 5.91 Å². The number of thiophene rings is 1. The Labute approximate surface area is 160 Å². The molecule has 2 aromatic rings. The van der Waals surface area contributed by atoms with E-state index in [4.69, 9.17) is 0 Å². The van der Waals surface area contributed by atoms with Gasteiger partial charge in [0, 0.05) is 42.4 Å². The molecule has 2 amide bonds. The van der Waals surface area contributed by atoms with E-state index in [0.29, 0.717) is 24.1 Å². The van der Waals surface area contributed by atoms with E-state index in [1.165, 1.54) is 17.4 Å². The Morgan fingerprint density at radius 3 is 2.81 bits per heavy atom. The summed E-state index contributed by atoms with van der Waals surface area (Å²) >= 11 is 1.43. The van der Waals surface area contributed by atoms with Crippen molar-refractivity contribution in [1.29, 1.82) is 0 Å². The predicted octanol–water partition coefficient (Wildman–Crippen LogP) is 2.41. The molecule has 0 bridgehead atoms. The summed E-state index contributed by atoms with van der Waals surface area (Å²) in [6, 6.07) is 5.38. The lowest BCUT2D eigenvalue weighted by molar-refractivity contribution is -0.121. The molecule has 0 aliphatic carbocycles. The first-order valence-corrected chi connectivity index (χ1v) is 9.74. The fourth-order valence-corrected chi connectivity index (χ4v) is 3.85. The molecule has 1 fully saturated rings. The highest BCUT2D eigenvalue weighted by Gasteiger charge is 2.28. The summed E-state index contributed by atoms with van der Waals surface area (Å²) in [5.41, 5.74) is 1.25. The summed E-state index contributed by atoms with van der Waals surface area (Å²) in [5.74, 6) is -2.25. The second-order valence-electron chi connectivity index (χ2n) is 6.46. The van der Waals surface area contributed by atoms with Gasteiger partial charge in [-0.25, -0.2) is 8.78 Å². The van der Waals surface area contributed by atoms with Crippen molar-refractivity contribution in [3.8, 4) is 0 Å². The molecule has 1 saturated heterocycles. The van der Waals surface area contributed by atoms with E-state index in [1.54, 1.807) is 17.5 Å². The highest BCUT2D eigenvalue weighted by Crippen LogP contribution is 2.27. The van der Waals surface area contributed by atoms with Crippen molar-refractivity contribution in [1.82, 2.24) is 16.0 Å². The molecule has 5 nitrogen and oxygen atoms in total. The van der Waals surface area contributed by atoms with E-state index in [2.05, 4.69) is 16.0 Å². The molecule has 8 heteroatoms. The molecule has 1 aromatic heterocycles. The summed E-state index contributed by atoms with van der Waals surface area (Å²) in [4.78, 5) is 24.1. The van der Waals surface area contributed by atoms with Crippen LogP contribution in [0.2, 0.25) is 0 Å². The fourth-order valence-electron chi connectivity index (χ4n) is 3.22. The molecule has 2 atom stereocenters. The number of rotatable bonds is 6. The number of hydrogen-bond acceptors (Lipinski definition) is 4. The van der Waals surface area contributed by atoms with E-state index in [-0.39, 0.29) is 36.7 Å². The monoisotopic (exact) mass is 393 g/mol. The van der Waals surface area contributed by atoms with Gasteiger partial charge in [0.05, 0.1) is 0 Å². The Kier molecular flexibility index (Phi) is 6.52. The topological polar surface area (TPSA) is 70.2 Å². The van der Waals surface area contributed by atoms with Crippen LogP contribution >= 0.6 is 11.3 Å². The Morgan fingerprint density at radius 2 is 2.07 bits per heavy atom. The van der Waals surface area contributed by atoms with E-state index >= 15 is 0 Å². The number of benzene rings is 1. The fraction of sp³-hybridized carbons (Fsp3) is 0.368. The molecule has 0 spiro atoms. The van der Waals surface area contributed by atoms with Crippen LogP contribution in [-0.4, -0.2) is 37.5 Å². The predicted molar refractivity (Wildman–Crippen MR) is 99.8 cm³/mol. The first kappa shape index (κ1) is 19.4. The standard InChI is InChI=1S/C19H21F2N3O2S/c20-15-2-1-12(9-16(15)21)14-3-6-22-10-17(14)24-18(25)4-7-23-19(26)13-5-8-27-11-13/h1-2,5,8-9,11,14,17,22H,3-4,6-7,10H2,(H,23,26)(H,24,25). The van der Waals surface area contributed by atoms with Gasteiger partial charge in [-0.15, -0.1) is 0 Å². The molecule has 3 rings (SSSR count). The van der Waals surface area contributed by atoms with Gasteiger partial charge in [-0.2, -0.15) is 11.3 Å². The maximum atomic E-state index is 13.6. The van der Waals surface area contributed by atoms with Crippen molar-refractivity contribution in [2.75, 3.05) is 19.6 Å². The van der Waals surface area contributed by atoms with Crippen LogP contribution in [0.5, 0.6) is 0 Å². The van der Waals surface area contributed by atoms with Crippen LogP contribution in [0.3, 0.4) is 0 Å². The van der Waals surface area contributed by atoms with Crippen LogP contribution in [0.25, 0.3) is 0 Å². The number of carbonyl (C=O) groups excluding carboxylic acids is 2. The number of halogens is 2. The third-order valence-corrected chi connectivity index (χ3v) is 5.30. The van der Waals surface area contributed by atoms with Crippen molar-refractivity contribution in [2.24, 2.45) is 0 Å². The molecule has 0 saturated carbocycles. The van der Waals surface area contributed by atoms with Gasteiger partial charge in [-0.3, -0.25) is 9.59 Å². The molecule has 144 valence electrons. The largest absolute Gasteiger partial charge is 0.351 e. The summed E-state index contributed by atoms with van der Waals surface area (Å²) in [5, 5.41) is 12.4. The Bertz CT molecular complexity index is 798. The lowest BCUT2D eigenvalue weighted by Gasteiger charge is -2.33. The van der Waals surface area contributed by atoms with Crippen molar-refractivity contribution < 1.29 is 18.4 Å². The first-order valence-electron chi connectivity index (χ1n) is 8.80. The van der Waals surface area contributed by atoms with E-state index in [9.17, 15) is 18.4 Å². The highest BCUT2D eigenvalue weighted by atomic mass is 32.1. The number of piperidine rings is 1. The average Bonchev–Trinajstić information content (AvgIpc) is 3.19. The summed E-state index contributed by atoms with van der Waals surface area (Å²) in [6.07, 6.45) is 0.863. The molecule has 2 unspecified atom stereocenters. The molecule has 0 radical (unpaired) electrons. The van der Waals surface area contributed by atoms with Gasteiger partial charge in [-0.1, -0.05) is 6.07 Å². The minimum absolute atomic E-state index is 0.0919. The minimum Gasteiger partial charge on any atom is -0.351 e. The van der Waals surface area contributed by atoms with Gasteiger partial charge >= 0.3 is 0 Å². The SMILES string of the molecule is O=C(CCNC(=O)c1ccsc1)NC1CNCCC1c1ccc(F)c(F)c1. The van der Waals surface area contributed by atoms with Crippen molar-refractivity contribution >= 4 is 23.2 Å². The zero-order chi connectivity index (χ0) is 19.2. The van der Waals surface area contributed by atoms with Crippen molar-refractivity contribution in [3.63, 3.8) is 0 Å². The van der Waals surface area contributed by atoms with Crippen LogP contribution in [0, 0.1) is 11.6 Å². The summed E-state index contributed by atoms with van der Waals surface area (Å²) in [6.45, 7) is 1.53. The highest BCUT2D eigenvalue weighted by molar-refractivity contribution is 7.08. The maximum absolute atomic E-state index is 13.6. The van der Waals surface area contributed by atoms with Crippen LogP contribution in [0.4, 0.5) is 8.78 Å². The second-order valence-corrected chi connectivity index (χ2v) is 7.24. The van der Waals surface area contributed by atoms with E-state index < -0.39 is 11.6 Å². The second kappa shape index (κ2) is 9.05. The molecular weight excluding hydrogens is 372 g/mol. The third kappa shape index (κ3) is 5.11. The Balaban J connectivity index is 1.53. The smallest absolute Gasteiger partial charge is 0.252 e. The number of carbonyl (C=O) groups is 2. The van der Waals surface area contributed by atoms with Gasteiger partial charge in [-0.05, 0) is 42.1 Å². The van der Waals surface area contributed by atoms with Crippen LogP contribution < -0.4 is 16.0 Å². The van der Waals surface area contributed by atoms with Crippen LogP contribution in [0.1, 0.15) is 34.7 Å². The van der Waals surface area contributed by atoms with E-state index in [0.717, 1.165) is 12.6 Å². The quantitative estimate of drug-likeness (QED) is 0.706. The normalized spacial score (nSPS) is 19.5. The van der Waals surface area contributed by atoms with Crippen LogP contribution in [-0.2, 0) is 4.79 Å². The molecule has 27 heavy (non-hydrogen) atoms. The van der Waals surface area contributed by atoms with Gasteiger partial charge in [0.25, 0.3) is 5.91 Å². The number of hydrogen-bond donors (Lipinski definition) is 3. The number of nitrogens with one attached hydrogen (secondary N) is 3. The lowest BCUT2D eigenvalue weighted by Crippen LogP contribution is -2.50. The summed E-state index contributed by atoms with van der Waals surface area (Å²) < 4.78 is 26.8. The Morgan fingerprint density at radius 1 is 1.22 bits per heavy atom. The molecular formula is C19H21F2N3O2S. The maximum Gasteiger partial charge on any atom is 0.252 e. The van der Waals surface area contributed by atoms with E-state index in [1.807, 2.05) is 5.38 Å². The zero-order valence-corrected chi connectivity index (χ0v) is 15.5. The first-order chi connectivity index (χ1) is 13.0. The molecule has 2 heterocycles. The van der Waals surface area contributed by atoms with Gasteiger partial charge in [0.15, 0.2) is 11.6 Å². The molecule has 1 aliphatic rings. The number of amides is 2. The Hall–Kier alpha value is -2.32. The third-order valence-electron chi connectivity index (χ3n) is 4.62. The minimum atomic E-state index is -0.882. The van der Waals surface area contributed by atoms with Crippen molar-refractivity contribution in [2.45, 2.75) is 24.8 Å². The molecule has 1 aliphatic heterocycles. The molecule has 3 N–H and O–H groups in total. The van der Waals surface area contributed by atoms with Gasteiger partial charge in [0.1, 0.15) is 0 Å². The average molecular weight is 393 g/mol.